The number of esters is 1. The van der Waals surface area contributed by atoms with Gasteiger partial charge in [-0.1, -0.05) is 18.2 Å². The molecule has 0 unspecified atom stereocenters. The second kappa shape index (κ2) is 17.1. The molecule has 2 aromatic carbocycles. The number of ether oxygens (including phenoxy) is 5. The van der Waals surface area contributed by atoms with Crippen LogP contribution in [0.2, 0.25) is 0 Å². The van der Waals surface area contributed by atoms with Crippen LogP contribution in [0.3, 0.4) is 0 Å². The summed E-state index contributed by atoms with van der Waals surface area (Å²) < 4.78 is 26.4. The number of amides is 1. The summed E-state index contributed by atoms with van der Waals surface area (Å²) in [6.07, 6.45) is 0. The number of aromatic nitrogens is 3. The molecule has 0 bridgehead atoms. The van der Waals surface area contributed by atoms with E-state index in [1.807, 2.05) is 18.2 Å². The predicted octanol–water partition coefficient (Wildman–Crippen LogP) is 2.09. The summed E-state index contributed by atoms with van der Waals surface area (Å²) in [6, 6.07) is 14.3. The summed E-state index contributed by atoms with van der Waals surface area (Å²) >= 11 is 0. The van der Waals surface area contributed by atoms with Gasteiger partial charge in [-0.05, 0) is 24.3 Å². The summed E-state index contributed by atoms with van der Waals surface area (Å²) in [5.74, 6) is 1.18. The van der Waals surface area contributed by atoms with E-state index in [1.165, 1.54) is 7.11 Å². The van der Waals surface area contributed by atoms with E-state index in [2.05, 4.69) is 41.0 Å². The summed E-state index contributed by atoms with van der Waals surface area (Å²) in [5, 5.41) is 11.8. The first-order chi connectivity index (χ1) is 20.0. The summed E-state index contributed by atoms with van der Waals surface area (Å²) in [5.41, 5.74) is 1.26. The third-order valence-corrected chi connectivity index (χ3v) is 5.36. The highest BCUT2D eigenvalue weighted by atomic mass is 16.5. The normalized spacial score (nSPS) is 10.4. The summed E-state index contributed by atoms with van der Waals surface area (Å²) in [4.78, 5) is 36.5. The molecule has 3 aromatic rings. The van der Waals surface area contributed by atoms with Crippen LogP contribution in [0.25, 0.3) is 0 Å². The van der Waals surface area contributed by atoms with E-state index in [1.54, 1.807) is 44.6 Å². The van der Waals surface area contributed by atoms with Gasteiger partial charge in [0.05, 0.1) is 47.8 Å². The van der Waals surface area contributed by atoms with Crippen LogP contribution in [0.15, 0.2) is 48.5 Å². The number of carbonyl (C=O) groups is 2. The van der Waals surface area contributed by atoms with E-state index in [0.29, 0.717) is 62.3 Å². The number of hydrogen-bond acceptors (Lipinski definition) is 13. The van der Waals surface area contributed by atoms with Gasteiger partial charge in [-0.15, -0.1) is 0 Å². The Kier molecular flexibility index (Phi) is 12.9. The molecule has 0 aliphatic carbocycles. The van der Waals surface area contributed by atoms with E-state index in [0.717, 1.165) is 0 Å². The van der Waals surface area contributed by atoms with Crippen LogP contribution in [0.4, 0.5) is 23.5 Å². The van der Waals surface area contributed by atoms with E-state index in [9.17, 15) is 9.59 Å². The van der Waals surface area contributed by atoms with Crippen LogP contribution in [-0.4, -0.2) is 94.2 Å². The van der Waals surface area contributed by atoms with Gasteiger partial charge in [0.1, 0.15) is 6.54 Å². The van der Waals surface area contributed by atoms with Crippen LogP contribution in [0.5, 0.6) is 11.5 Å². The Morgan fingerprint density at radius 3 is 2.07 bits per heavy atom. The van der Waals surface area contributed by atoms with Crippen molar-refractivity contribution in [2.75, 3.05) is 83.3 Å². The number of nitrogens with zero attached hydrogens (tertiary/aromatic N) is 3. The zero-order valence-corrected chi connectivity index (χ0v) is 23.3. The zero-order chi connectivity index (χ0) is 29.3. The maximum Gasteiger partial charge on any atom is 0.325 e. The molecule has 1 aromatic heterocycles. The molecule has 41 heavy (non-hydrogen) atoms. The number of rotatable bonds is 18. The lowest BCUT2D eigenvalue weighted by Gasteiger charge is -2.13. The highest BCUT2D eigenvalue weighted by molar-refractivity contribution is 5.94. The van der Waals surface area contributed by atoms with E-state index < -0.39 is 5.97 Å². The molecule has 14 nitrogen and oxygen atoms in total. The molecule has 0 saturated carbocycles. The van der Waals surface area contributed by atoms with Crippen LogP contribution in [-0.2, 0) is 19.0 Å². The Balaban J connectivity index is 1.43. The lowest BCUT2D eigenvalue weighted by molar-refractivity contribution is -0.138. The summed E-state index contributed by atoms with van der Waals surface area (Å²) in [6.45, 7) is 2.20. The van der Waals surface area contributed by atoms with Crippen molar-refractivity contribution in [3.8, 4) is 11.5 Å². The topological polar surface area (TPSA) is 167 Å². The molecule has 0 radical (unpaired) electrons. The summed E-state index contributed by atoms with van der Waals surface area (Å²) in [7, 11) is 4.39. The van der Waals surface area contributed by atoms with Gasteiger partial charge >= 0.3 is 5.97 Å². The number of methoxy groups -OCH3 is 3. The minimum absolute atomic E-state index is 0.116. The number of anilines is 4. The molecule has 220 valence electrons. The largest absolute Gasteiger partial charge is 0.493 e. The van der Waals surface area contributed by atoms with Crippen molar-refractivity contribution in [2.24, 2.45) is 0 Å². The molecule has 0 atom stereocenters. The number of benzene rings is 2. The lowest BCUT2D eigenvalue weighted by atomic mass is 10.2. The van der Waals surface area contributed by atoms with Gasteiger partial charge in [-0.3, -0.25) is 9.59 Å². The maximum atomic E-state index is 12.0. The van der Waals surface area contributed by atoms with Crippen molar-refractivity contribution in [3.63, 3.8) is 0 Å². The molecule has 0 saturated heterocycles. The smallest absolute Gasteiger partial charge is 0.325 e. The fourth-order valence-corrected chi connectivity index (χ4v) is 3.34. The van der Waals surface area contributed by atoms with E-state index in [4.69, 9.17) is 18.9 Å². The fraction of sp³-hybridized carbons (Fsp3) is 0.370. The maximum absolute atomic E-state index is 12.0. The van der Waals surface area contributed by atoms with Gasteiger partial charge in [0.15, 0.2) is 11.5 Å². The third kappa shape index (κ3) is 10.8. The number of nitrogens with one attached hydrogen (secondary N) is 4. The predicted molar refractivity (Wildman–Crippen MR) is 152 cm³/mol. The van der Waals surface area contributed by atoms with Crippen molar-refractivity contribution in [1.82, 2.24) is 20.3 Å². The molecular weight excluding hydrogens is 534 g/mol. The third-order valence-electron chi connectivity index (χ3n) is 5.36. The van der Waals surface area contributed by atoms with Crippen molar-refractivity contribution in [1.29, 1.82) is 0 Å². The molecule has 1 amide bonds. The number of hydrogen-bond donors (Lipinski definition) is 4. The first kappa shape index (κ1) is 30.8. The van der Waals surface area contributed by atoms with Gasteiger partial charge < -0.3 is 45.0 Å². The average molecular weight is 570 g/mol. The molecule has 0 fully saturated rings. The zero-order valence-electron chi connectivity index (χ0n) is 23.3. The van der Waals surface area contributed by atoms with E-state index >= 15 is 0 Å². The molecule has 0 aliphatic rings. The molecular formula is C27H35N7O7. The van der Waals surface area contributed by atoms with Crippen molar-refractivity contribution in [3.05, 3.63) is 54.1 Å². The minimum atomic E-state index is -0.469. The first-order valence-electron chi connectivity index (χ1n) is 12.8. The molecule has 4 N–H and O–H groups in total. The van der Waals surface area contributed by atoms with Gasteiger partial charge in [0, 0.05) is 30.4 Å². The molecule has 14 heteroatoms. The first-order valence-corrected chi connectivity index (χ1v) is 12.8. The molecule has 3 rings (SSSR count). The molecule has 0 aliphatic heterocycles. The Hall–Kier alpha value is -4.69. The van der Waals surface area contributed by atoms with Crippen molar-refractivity contribution in [2.45, 2.75) is 0 Å². The average Bonchev–Trinajstić information content (AvgIpc) is 3.00. The van der Waals surface area contributed by atoms with Crippen LogP contribution in [0, 0.1) is 0 Å². The van der Waals surface area contributed by atoms with Crippen molar-refractivity contribution >= 4 is 35.4 Å². The highest BCUT2D eigenvalue weighted by Gasteiger charge is 2.11. The SMILES string of the molecule is COC(=O)CNc1nc(NCCOCCOCCNC(=O)c2ccccc2)nc(Nc2ccc(OC)c(OC)c2)n1. The van der Waals surface area contributed by atoms with Crippen molar-refractivity contribution < 1.29 is 33.3 Å². The number of carbonyl (C=O) groups excluding carboxylic acids is 2. The quantitative estimate of drug-likeness (QED) is 0.130. The van der Waals surface area contributed by atoms with Gasteiger partial charge in [0.25, 0.3) is 5.91 Å². The highest BCUT2D eigenvalue weighted by Crippen LogP contribution is 2.30. The van der Waals surface area contributed by atoms with Crippen LogP contribution < -0.4 is 30.7 Å². The Morgan fingerprint density at radius 2 is 1.39 bits per heavy atom. The molecule has 0 spiro atoms. The minimum Gasteiger partial charge on any atom is -0.493 e. The van der Waals surface area contributed by atoms with Gasteiger partial charge in [-0.2, -0.15) is 15.0 Å². The Labute approximate surface area is 238 Å². The molecule has 1 heterocycles. The van der Waals surface area contributed by atoms with Gasteiger partial charge in [0.2, 0.25) is 17.8 Å². The Bertz CT molecular complexity index is 1250. The monoisotopic (exact) mass is 569 g/mol. The second-order valence-electron chi connectivity index (χ2n) is 8.20. The lowest BCUT2D eigenvalue weighted by Crippen LogP contribution is -2.27. The second-order valence-corrected chi connectivity index (χ2v) is 8.20. The standard InChI is InChI=1S/C27H35N7O7/c1-37-21-10-9-20(17-22(21)38-2)31-27-33-25(32-26(34-27)30-18-23(35)39-3)29-12-14-41-16-15-40-13-11-28-24(36)19-7-5-4-6-8-19/h4-10,17H,11-16,18H2,1-3H3,(H,28,36)(H3,29,30,31,32,33,34). The van der Waals surface area contributed by atoms with Crippen LogP contribution >= 0.6 is 0 Å². The van der Waals surface area contributed by atoms with E-state index in [-0.39, 0.29) is 30.3 Å². The fourth-order valence-electron chi connectivity index (χ4n) is 3.34. The van der Waals surface area contributed by atoms with Gasteiger partial charge in [-0.25, -0.2) is 0 Å². The Morgan fingerprint density at radius 1 is 0.732 bits per heavy atom. The van der Waals surface area contributed by atoms with Crippen LogP contribution in [0.1, 0.15) is 10.4 Å².